The number of nitrogens with zero attached hydrogens (tertiary/aromatic N) is 1. The summed E-state index contributed by atoms with van der Waals surface area (Å²) in [5, 5.41) is 8.49. The molecule has 2 N–H and O–H groups in total. The first-order valence-electron chi connectivity index (χ1n) is 2.76. The molecule has 1 aliphatic heterocycles. The minimum absolute atomic E-state index is 0.0330. The van der Waals surface area contributed by atoms with E-state index in [1.54, 1.807) is 0 Å². The van der Waals surface area contributed by atoms with Crippen LogP contribution in [0.4, 0.5) is 0 Å². The van der Waals surface area contributed by atoms with Crippen molar-refractivity contribution in [1.82, 2.24) is 10.4 Å². The third-order valence-electron chi connectivity index (χ3n) is 1.51. The fourth-order valence-corrected chi connectivity index (χ4v) is 1.22. The zero-order valence-electron chi connectivity index (χ0n) is 5.31. The van der Waals surface area contributed by atoms with Gasteiger partial charge in [0.05, 0.1) is 5.54 Å². The zero-order valence-corrected chi connectivity index (χ0v) is 5.31. The minimum Gasteiger partial charge on any atom is -0.316 e. The lowest BCUT2D eigenvalue weighted by Crippen LogP contribution is -2.65. The summed E-state index contributed by atoms with van der Waals surface area (Å²) < 4.78 is 0. The molecule has 1 aliphatic rings. The van der Waals surface area contributed by atoms with Gasteiger partial charge in [0.1, 0.15) is 0 Å². The van der Waals surface area contributed by atoms with E-state index in [4.69, 9.17) is 5.21 Å². The zero-order chi connectivity index (χ0) is 6.20. The lowest BCUT2D eigenvalue weighted by molar-refractivity contribution is -0.0242. The Morgan fingerprint density at radius 2 is 2.12 bits per heavy atom. The molecule has 8 heavy (non-hydrogen) atoms. The normalized spacial score (nSPS) is 27.4. The average Bonchev–Trinajstić information content (AvgIpc) is 1.63. The van der Waals surface area contributed by atoms with Gasteiger partial charge in [-0.05, 0) is 14.0 Å². The number of nitrogens with one attached hydrogen (secondary N) is 1. The monoisotopic (exact) mass is 116 g/mol. The molecule has 0 atom stereocenters. The van der Waals surface area contributed by atoms with Crippen LogP contribution in [0.15, 0.2) is 0 Å². The molecule has 0 saturated carbocycles. The minimum atomic E-state index is -0.0330. The van der Waals surface area contributed by atoms with Crippen LogP contribution in [-0.4, -0.2) is 35.8 Å². The van der Waals surface area contributed by atoms with Crippen LogP contribution in [0.2, 0.25) is 0 Å². The Morgan fingerprint density at radius 3 is 2.25 bits per heavy atom. The van der Waals surface area contributed by atoms with Crippen LogP contribution < -0.4 is 5.48 Å². The summed E-state index contributed by atoms with van der Waals surface area (Å²) >= 11 is 0. The lowest BCUT2D eigenvalue weighted by atomic mass is 9.95. The molecule has 1 fully saturated rings. The Balaban J connectivity index is 2.30. The summed E-state index contributed by atoms with van der Waals surface area (Å²) in [5.41, 5.74) is 2.23. The molecular weight excluding hydrogens is 104 g/mol. The Hall–Kier alpha value is -0.120. The molecule has 0 aromatic carbocycles. The summed E-state index contributed by atoms with van der Waals surface area (Å²) in [6.45, 7) is 3.86. The van der Waals surface area contributed by atoms with E-state index in [-0.39, 0.29) is 5.54 Å². The summed E-state index contributed by atoms with van der Waals surface area (Å²) in [7, 11) is 2.03. The van der Waals surface area contributed by atoms with Crippen molar-refractivity contribution in [2.24, 2.45) is 0 Å². The second kappa shape index (κ2) is 1.69. The predicted molar refractivity (Wildman–Crippen MR) is 30.8 cm³/mol. The van der Waals surface area contributed by atoms with Crippen LogP contribution in [-0.2, 0) is 0 Å². The van der Waals surface area contributed by atoms with Crippen LogP contribution in [0.3, 0.4) is 0 Å². The van der Waals surface area contributed by atoms with Gasteiger partial charge < -0.3 is 10.1 Å². The summed E-state index contributed by atoms with van der Waals surface area (Å²) in [5.74, 6) is 0. The van der Waals surface area contributed by atoms with Gasteiger partial charge in [-0.15, -0.1) is 0 Å². The smallest absolute Gasteiger partial charge is 0.0654 e. The first-order valence-corrected chi connectivity index (χ1v) is 2.76. The quantitative estimate of drug-likeness (QED) is 0.460. The highest BCUT2D eigenvalue weighted by molar-refractivity contribution is 4.94. The summed E-state index contributed by atoms with van der Waals surface area (Å²) in [4.78, 5) is 2.14. The van der Waals surface area contributed by atoms with Gasteiger partial charge in [-0.3, -0.25) is 0 Å². The van der Waals surface area contributed by atoms with Crippen molar-refractivity contribution < 1.29 is 5.21 Å². The first kappa shape index (κ1) is 6.01. The molecule has 0 aromatic heterocycles. The number of hydrogen-bond acceptors (Lipinski definition) is 3. The molecule has 0 aliphatic carbocycles. The molecule has 3 heteroatoms. The van der Waals surface area contributed by atoms with E-state index in [9.17, 15) is 0 Å². The molecule has 0 aromatic rings. The Kier molecular flexibility index (Phi) is 1.27. The maximum absolute atomic E-state index is 8.49. The molecule has 1 rings (SSSR count). The highest BCUT2D eigenvalue weighted by Gasteiger charge is 2.35. The maximum atomic E-state index is 8.49. The van der Waals surface area contributed by atoms with Gasteiger partial charge in [-0.25, -0.2) is 0 Å². The van der Waals surface area contributed by atoms with E-state index in [1.807, 2.05) is 14.0 Å². The average molecular weight is 116 g/mol. The van der Waals surface area contributed by atoms with Gasteiger partial charge in [-0.1, -0.05) is 0 Å². The summed E-state index contributed by atoms with van der Waals surface area (Å²) in [6, 6.07) is 0. The lowest BCUT2D eigenvalue weighted by Gasteiger charge is -2.44. The van der Waals surface area contributed by atoms with Crippen LogP contribution >= 0.6 is 0 Å². The standard InChI is InChI=1S/C5H12N2O/c1-5(6-8)3-7(2)4-5/h6,8H,3-4H2,1-2H3. The fourth-order valence-electron chi connectivity index (χ4n) is 1.22. The molecule has 1 heterocycles. The van der Waals surface area contributed by atoms with E-state index in [0.717, 1.165) is 13.1 Å². The van der Waals surface area contributed by atoms with Crippen molar-refractivity contribution >= 4 is 0 Å². The van der Waals surface area contributed by atoms with Gasteiger partial charge in [0.15, 0.2) is 0 Å². The molecule has 48 valence electrons. The van der Waals surface area contributed by atoms with Crippen molar-refractivity contribution in [3.05, 3.63) is 0 Å². The second-order valence-electron chi connectivity index (χ2n) is 2.84. The Morgan fingerprint density at radius 1 is 1.62 bits per heavy atom. The van der Waals surface area contributed by atoms with Gasteiger partial charge in [-0.2, -0.15) is 5.48 Å². The number of rotatable bonds is 1. The molecule has 3 nitrogen and oxygen atoms in total. The topological polar surface area (TPSA) is 35.5 Å². The van der Waals surface area contributed by atoms with Crippen molar-refractivity contribution in [3.63, 3.8) is 0 Å². The molecular formula is C5H12N2O. The third-order valence-corrected chi connectivity index (χ3v) is 1.51. The van der Waals surface area contributed by atoms with Crippen molar-refractivity contribution in [1.29, 1.82) is 0 Å². The van der Waals surface area contributed by atoms with Crippen LogP contribution in [0.25, 0.3) is 0 Å². The van der Waals surface area contributed by atoms with E-state index >= 15 is 0 Å². The van der Waals surface area contributed by atoms with E-state index in [0.29, 0.717) is 0 Å². The third kappa shape index (κ3) is 0.844. The van der Waals surface area contributed by atoms with Crippen LogP contribution in [0.1, 0.15) is 6.92 Å². The van der Waals surface area contributed by atoms with E-state index < -0.39 is 0 Å². The van der Waals surface area contributed by atoms with Gasteiger partial charge >= 0.3 is 0 Å². The Labute approximate surface area is 49.3 Å². The molecule has 1 saturated heterocycles. The van der Waals surface area contributed by atoms with Gasteiger partial charge in [0.2, 0.25) is 0 Å². The van der Waals surface area contributed by atoms with Crippen molar-refractivity contribution in [3.8, 4) is 0 Å². The predicted octanol–water partition coefficient (Wildman–Crippen LogP) is -0.331. The van der Waals surface area contributed by atoms with E-state index in [2.05, 4.69) is 10.4 Å². The fraction of sp³-hybridized carbons (Fsp3) is 1.00. The van der Waals surface area contributed by atoms with Crippen molar-refractivity contribution in [2.45, 2.75) is 12.5 Å². The highest BCUT2D eigenvalue weighted by atomic mass is 16.5. The number of likely N-dealkylation sites (tertiary alicyclic amines) is 1. The molecule has 0 radical (unpaired) electrons. The number of hydrogen-bond donors (Lipinski definition) is 2. The van der Waals surface area contributed by atoms with Crippen LogP contribution in [0.5, 0.6) is 0 Å². The van der Waals surface area contributed by atoms with E-state index in [1.165, 1.54) is 0 Å². The van der Waals surface area contributed by atoms with Gasteiger partial charge in [0.25, 0.3) is 0 Å². The number of hydroxylamine groups is 1. The Bertz CT molecular complexity index is 88.4. The van der Waals surface area contributed by atoms with Gasteiger partial charge in [0, 0.05) is 13.1 Å². The SMILES string of the molecule is CN1CC(C)(NO)C1. The molecule has 0 spiro atoms. The summed E-state index contributed by atoms with van der Waals surface area (Å²) in [6.07, 6.45) is 0. The molecule has 0 amide bonds. The van der Waals surface area contributed by atoms with Crippen molar-refractivity contribution in [2.75, 3.05) is 20.1 Å². The van der Waals surface area contributed by atoms with Crippen LogP contribution in [0, 0.1) is 0 Å². The maximum Gasteiger partial charge on any atom is 0.0654 e. The highest BCUT2D eigenvalue weighted by Crippen LogP contribution is 2.16. The number of likely N-dealkylation sites (N-methyl/N-ethyl adjacent to an activating group) is 1. The molecule has 0 unspecified atom stereocenters. The first-order chi connectivity index (χ1) is 3.66. The second-order valence-corrected chi connectivity index (χ2v) is 2.84. The largest absolute Gasteiger partial charge is 0.316 e. The molecule has 0 bridgehead atoms.